The van der Waals surface area contributed by atoms with Crippen LogP contribution in [0, 0.1) is 6.92 Å². The number of aryl methyl sites for hydroxylation is 1. The van der Waals surface area contributed by atoms with Crippen LogP contribution in [0.2, 0.25) is 5.02 Å². The van der Waals surface area contributed by atoms with E-state index in [1.165, 1.54) is 0 Å². The van der Waals surface area contributed by atoms with E-state index in [2.05, 4.69) is 10.3 Å². The molecule has 0 atom stereocenters. The molecule has 6 heteroatoms. The average Bonchev–Trinajstić information content (AvgIpc) is 2.75. The summed E-state index contributed by atoms with van der Waals surface area (Å²) in [4.78, 5) is 16.6. The Morgan fingerprint density at radius 3 is 2.57 bits per heavy atom. The van der Waals surface area contributed by atoms with Crippen molar-refractivity contribution in [1.29, 1.82) is 0 Å². The zero-order chi connectivity index (χ0) is 21.3. The SMILES string of the molecule is CCOc1ccc(N=Cc2cccc(OCC(=O)Nc3ccc(C)c(Cl)c3)c2)cc1. The maximum absolute atomic E-state index is 12.1. The van der Waals surface area contributed by atoms with Gasteiger partial charge in [-0.15, -0.1) is 0 Å². The molecule has 0 aliphatic rings. The lowest BCUT2D eigenvalue weighted by atomic mass is 10.2. The number of carbonyl (C=O) groups excluding carboxylic acids is 1. The lowest BCUT2D eigenvalue weighted by Crippen LogP contribution is -2.20. The van der Waals surface area contributed by atoms with Gasteiger partial charge in [0.05, 0.1) is 12.3 Å². The number of rotatable bonds is 8. The standard InChI is InChI=1S/C24H23ClN2O3/c1-3-29-21-11-9-19(10-12-21)26-15-18-5-4-6-22(13-18)30-16-24(28)27-20-8-7-17(2)23(25)14-20/h4-15H,3,16H2,1-2H3,(H,27,28). The van der Waals surface area contributed by atoms with Crippen LogP contribution in [0.5, 0.6) is 11.5 Å². The molecule has 0 unspecified atom stereocenters. The first-order valence-electron chi connectivity index (χ1n) is 9.59. The minimum absolute atomic E-state index is 0.106. The number of nitrogens with zero attached hydrogens (tertiary/aromatic N) is 1. The molecule has 0 saturated heterocycles. The van der Waals surface area contributed by atoms with E-state index in [4.69, 9.17) is 21.1 Å². The van der Waals surface area contributed by atoms with Crippen molar-refractivity contribution in [3.8, 4) is 11.5 Å². The van der Waals surface area contributed by atoms with Crippen LogP contribution in [0.1, 0.15) is 18.1 Å². The molecule has 154 valence electrons. The molecule has 3 aromatic rings. The van der Waals surface area contributed by atoms with Gasteiger partial charge < -0.3 is 14.8 Å². The van der Waals surface area contributed by atoms with E-state index >= 15 is 0 Å². The molecule has 0 aromatic heterocycles. The molecule has 0 bridgehead atoms. The molecular formula is C24H23ClN2O3. The van der Waals surface area contributed by atoms with Gasteiger partial charge in [-0.1, -0.05) is 29.8 Å². The van der Waals surface area contributed by atoms with Crippen LogP contribution in [0.15, 0.2) is 71.7 Å². The first-order chi connectivity index (χ1) is 14.5. The number of nitrogens with one attached hydrogen (secondary N) is 1. The van der Waals surface area contributed by atoms with Gasteiger partial charge in [0.15, 0.2) is 6.61 Å². The molecule has 0 fully saturated rings. The van der Waals surface area contributed by atoms with Gasteiger partial charge in [-0.05, 0) is 73.5 Å². The van der Waals surface area contributed by atoms with E-state index < -0.39 is 0 Å². The Bertz CT molecular complexity index is 1030. The fourth-order valence-corrected chi connectivity index (χ4v) is 2.83. The Morgan fingerprint density at radius 2 is 1.83 bits per heavy atom. The Balaban J connectivity index is 1.55. The summed E-state index contributed by atoms with van der Waals surface area (Å²) >= 11 is 6.08. The van der Waals surface area contributed by atoms with Gasteiger partial charge in [0.2, 0.25) is 0 Å². The lowest BCUT2D eigenvalue weighted by Gasteiger charge is -2.09. The minimum Gasteiger partial charge on any atom is -0.494 e. The van der Waals surface area contributed by atoms with E-state index in [0.29, 0.717) is 23.1 Å². The van der Waals surface area contributed by atoms with E-state index in [9.17, 15) is 4.79 Å². The molecule has 3 aromatic carbocycles. The number of aliphatic imine (C=N–C) groups is 1. The Morgan fingerprint density at radius 1 is 1.03 bits per heavy atom. The Kier molecular flexibility index (Phi) is 7.46. The number of halogens is 1. The number of hydrogen-bond donors (Lipinski definition) is 1. The highest BCUT2D eigenvalue weighted by Gasteiger charge is 2.05. The van der Waals surface area contributed by atoms with Crippen molar-refractivity contribution in [2.24, 2.45) is 4.99 Å². The summed E-state index contributed by atoms with van der Waals surface area (Å²) in [6, 6.07) is 20.3. The third kappa shape index (κ3) is 6.36. The highest BCUT2D eigenvalue weighted by atomic mass is 35.5. The summed E-state index contributed by atoms with van der Waals surface area (Å²) in [5.74, 6) is 1.14. The van der Waals surface area contributed by atoms with Gasteiger partial charge >= 0.3 is 0 Å². The van der Waals surface area contributed by atoms with Gasteiger partial charge in [-0.2, -0.15) is 0 Å². The van der Waals surface area contributed by atoms with Crippen LogP contribution < -0.4 is 14.8 Å². The van der Waals surface area contributed by atoms with Gasteiger partial charge in [0, 0.05) is 16.9 Å². The van der Waals surface area contributed by atoms with Gasteiger partial charge in [0.25, 0.3) is 5.91 Å². The molecular weight excluding hydrogens is 400 g/mol. The number of anilines is 1. The van der Waals surface area contributed by atoms with Gasteiger partial charge in [-0.3, -0.25) is 9.79 Å². The molecule has 0 spiro atoms. The molecule has 1 amide bonds. The van der Waals surface area contributed by atoms with Crippen molar-refractivity contribution < 1.29 is 14.3 Å². The average molecular weight is 423 g/mol. The van der Waals surface area contributed by atoms with Crippen molar-refractivity contribution in [1.82, 2.24) is 0 Å². The summed E-state index contributed by atoms with van der Waals surface area (Å²) in [7, 11) is 0. The van der Waals surface area contributed by atoms with E-state index in [-0.39, 0.29) is 12.5 Å². The van der Waals surface area contributed by atoms with Crippen molar-refractivity contribution >= 4 is 35.1 Å². The summed E-state index contributed by atoms with van der Waals surface area (Å²) in [5.41, 5.74) is 3.28. The molecule has 1 N–H and O–H groups in total. The summed E-state index contributed by atoms with van der Waals surface area (Å²) in [6.07, 6.45) is 1.75. The second kappa shape index (κ2) is 10.5. The van der Waals surface area contributed by atoms with E-state index in [1.54, 1.807) is 24.4 Å². The van der Waals surface area contributed by atoms with E-state index in [0.717, 1.165) is 22.6 Å². The maximum atomic E-state index is 12.1. The largest absolute Gasteiger partial charge is 0.494 e. The summed E-state index contributed by atoms with van der Waals surface area (Å²) in [6.45, 7) is 4.38. The van der Waals surface area contributed by atoms with Crippen LogP contribution in [-0.4, -0.2) is 25.3 Å². The Hall–Kier alpha value is -3.31. The Labute approximate surface area is 181 Å². The van der Waals surface area contributed by atoms with Gasteiger partial charge in [0.1, 0.15) is 11.5 Å². The molecule has 30 heavy (non-hydrogen) atoms. The highest BCUT2D eigenvalue weighted by molar-refractivity contribution is 6.31. The molecule has 3 rings (SSSR count). The number of benzene rings is 3. The first-order valence-corrected chi connectivity index (χ1v) is 9.97. The van der Waals surface area contributed by atoms with Crippen molar-refractivity contribution in [3.05, 3.63) is 82.9 Å². The summed E-state index contributed by atoms with van der Waals surface area (Å²) < 4.78 is 11.0. The zero-order valence-electron chi connectivity index (χ0n) is 16.9. The van der Waals surface area contributed by atoms with Crippen molar-refractivity contribution in [3.63, 3.8) is 0 Å². The highest BCUT2D eigenvalue weighted by Crippen LogP contribution is 2.21. The van der Waals surface area contributed by atoms with E-state index in [1.807, 2.05) is 62.4 Å². The molecule has 0 aliphatic carbocycles. The predicted octanol–water partition coefficient (Wildman–Crippen LogP) is 5.82. The minimum atomic E-state index is -0.261. The van der Waals surface area contributed by atoms with Crippen molar-refractivity contribution in [2.45, 2.75) is 13.8 Å². The maximum Gasteiger partial charge on any atom is 0.262 e. The first kappa shape index (κ1) is 21.4. The monoisotopic (exact) mass is 422 g/mol. The van der Waals surface area contributed by atoms with Gasteiger partial charge in [-0.25, -0.2) is 0 Å². The molecule has 0 saturated carbocycles. The fraction of sp³-hybridized carbons (Fsp3) is 0.167. The lowest BCUT2D eigenvalue weighted by molar-refractivity contribution is -0.118. The number of carbonyl (C=O) groups is 1. The quantitative estimate of drug-likeness (QED) is 0.465. The number of ether oxygens (including phenoxy) is 2. The van der Waals surface area contributed by atoms with Crippen LogP contribution in [0.25, 0.3) is 0 Å². The van der Waals surface area contributed by atoms with Crippen LogP contribution in [-0.2, 0) is 4.79 Å². The number of amides is 1. The number of hydrogen-bond acceptors (Lipinski definition) is 4. The van der Waals surface area contributed by atoms with Crippen molar-refractivity contribution in [2.75, 3.05) is 18.5 Å². The molecule has 5 nitrogen and oxygen atoms in total. The zero-order valence-corrected chi connectivity index (χ0v) is 17.6. The normalized spacial score (nSPS) is 10.8. The topological polar surface area (TPSA) is 59.9 Å². The molecule has 0 heterocycles. The second-order valence-corrected chi connectivity index (χ2v) is 6.97. The third-order valence-corrected chi connectivity index (χ3v) is 4.60. The van der Waals surface area contributed by atoms with Crippen LogP contribution >= 0.6 is 11.6 Å². The third-order valence-electron chi connectivity index (χ3n) is 4.19. The summed E-state index contributed by atoms with van der Waals surface area (Å²) in [5, 5.41) is 3.37. The van der Waals surface area contributed by atoms with Crippen LogP contribution in [0.3, 0.4) is 0 Å². The molecule has 0 radical (unpaired) electrons. The predicted molar refractivity (Wildman–Crippen MR) is 122 cm³/mol. The molecule has 0 aliphatic heterocycles. The smallest absolute Gasteiger partial charge is 0.262 e. The second-order valence-electron chi connectivity index (χ2n) is 6.56. The van der Waals surface area contributed by atoms with Crippen LogP contribution in [0.4, 0.5) is 11.4 Å². The fourth-order valence-electron chi connectivity index (χ4n) is 2.65.